The molecule has 1 heterocycles. The van der Waals surface area contributed by atoms with E-state index in [0.29, 0.717) is 17.3 Å². The minimum Gasteiger partial charge on any atom is -0.296 e. The van der Waals surface area contributed by atoms with Crippen LogP contribution in [0.3, 0.4) is 0 Å². The number of alkyl halides is 3. The lowest BCUT2D eigenvalue weighted by molar-refractivity contribution is -0.384. The zero-order valence-corrected chi connectivity index (χ0v) is 15.4. The molecule has 1 aromatic heterocycles. The van der Waals surface area contributed by atoms with E-state index in [1.165, 1.54) is 4.57 Å². The second-order valence-electron chi connectivity index (χ2n) is 6.50. The van der Waals surface area contributed by atoms with Crippen molar-refractivity contribution in [2.75, 3.05) is 0 Å². The molecule has 0 saturated heterocycles. The second kappa shape index (κ2) is 7.41. The molecule has 0 bridgehead atoms. The van der Waals surface area contributed by atoms with Gasteiger partial charge in [-0.25, -0.2) is 0 Å². The number of fused-ring (bicyclic) bond motifs is 1. The number of nitro groups is 1. The van der Waals surface area contributed by atoms with Crippen molar-refractivity contribution in [3.8, 4) is 17.5 Å². The minimum atomic E-state index is -4.68. The number of halogens is 3. The summed E-state index contributed by atoms with van der Waals surface area (Å²) >= 11 is 0. The highest BCUT2D eigenvalue weighted by atomic mass is 19.4. The average Bonchev–Trinajstić information content (AvgIpc) is 3.10. The summed E-state index contributed by atoms with van der Waals surface area (Å²) in [5.41, 5.74) is 0.0867. The second-order valence-corrected chi connectivity index (χ2v) is 6.50. The topological polar surface area (TPSA) is 48.1 Å². The van der Waals surface area contributed by atoms with E-state index in [2.05, 4.69) is 11.8 Å². The summed E-state index contributed by atoms with van der Waals surface area (Å²) in [7, 11) is 0. The van der Waals surface area contributed by atoms with Crippen LogP contribution in [0.15, 0.2) is 78.9 Å². The van der Waals surface area contributed by atoms with Crippen LogP contribution in [0.1, 0.15) is 16.8 Å². The number of nitrogens with zero attached hydrogens (tertiary/aromatic N) is 2. The third-order valence-electron chi connectivity index (χ3n) is 4.56. The van der Waals surface area contributed by atoms with Crippen molar-refractivity contribution >= 4 is 16.6 Å². The highest BCUT2D eigenvalue weighted by Gasteiger charge is 2.33. The Morgan fingerprint density at radius 2 is 1.57 bits per heavy atom. The lowest BCUT2D eigenvalue weighted by Crippen LogP contribution is -2.08. The van der Waals surface area contributed by atoms with Crippen LogP contribution in [0.4, 0.5) is 18.9 Å². The molecule has 0 aliphatic heterocycles. The molecule has 7 heteroatoms. The van der Waals surface area contributed by atoms with Crippen molar-refractivity contribution in [2.24, 2.45) is 0 Å². The van der Waals surface area contributed by atoms with Crippen LogP contribution in [-0.2, 0) is 6.18 Å². The van der Waals surface area contributed by atoms with Crippen LogP contribution in [0.25, 0.3) is 16.6 Å². The molecule has 0 radical (unpaired) electrons. The lowest BCUT2D eigenvalue weighted by Gasteiger charge is -2.11. The SMILES string of the molecule is O=[N+]([O-])c1cc(C(F)(F)F)ccc1-n1c(C#Cc2ccccc2)cc2ccccc21. The molecule has 0 aliphatic rings. The molecular weight excluding hydrogens is 393 g/mol. The first-order valence-corrected chi connectivity index (χ1v) is 8.88. The van der Waals surface area contributed by atoms with Gasteiger partial charge in [0.25, 0.3) is 5.69 Å². The van der Waals surface area contributed by atoms with Gasteiger partial charge in [0.1, 0.15) is 5.69 Å². The monoisotopic (exact) mass is 406 g/mol. The van der Waals surface area contributed by atoms with Gasteiger partial charge in [0.05, 0.1) is 21.7 Å². The fourth-order valence-corrected chi connectivity index (χ4v) is 3.20. The summed E-state index contributed by atoms with van der Waals surface area (Å²) in [6.07, 6.45) is -4.68. The molecule has 0 amide bonds. The Hall–Kier alpha value is -4.05. The zero-order chi connectivity index (χ0) is 21.3. The average molecular weight is 406 g/mol. The van der Waals surface area contributed by atoms with Gasteiger partial charge in [0.15, 0.2) is 0 Å². The molecule has 4 rings (SSSR count). The molecule has 30 heavy (non-hydrogen) atoms. The first-order chi connectivity index (χ1) is 14.3. The number of aromatic nitrogens is 1. The van der Waals surface area contributed by atoms with Crippen LogP contribution < -0.4 is 0 Å². The number of para-hydroxylation sites is 1. The van der Waals surface area contributed by atoms with Gasteiger partial charge in [0, 0.05) is 17.0 Å². The molecule has 0 saturated carbocycles. The molecular formula is C23H13F3N2O2. The molecule has 3 aromatic carbocycles. The minimum absolute atomic E-state index is 0.0200. The van der Waals surface area contributed by atoms with Crippen molar-refractivity contribution < 1.29 is 18.1 Å². The quantitative estimate of drug-likeness (QED) is 0.234. The van der Waals surface area contributed by atoms with Crippen molar-refractivity contribution in [3.63, 3.8) is 0 Å². The van der Waals surface area contributed by atoms with E-state index in [4.69, 9.17) is 0 Å². The smallest absolute Gasteiger partial charge is 0.296 e. The van der Waals surface area contributed by atoms with Crippen molar-refractivity contribution in [3.05, 3.63) is 106 Å². The van der Waals surface area contributed by atoms with Gasteiger partial charge in [-0.05, 0) is 42.3 Å². The summed E-state index contributed by atoms with van der Waals surface area (Å²) in [6, 6.07) is 20.5. The lowest BCUT2D eigenvalue weighted by atomic mass is 10.1. The van der Waals surface area contributed by atoms with E-state index in [1.807, 2.05) is 42.5 Å². The number of hydrogen-bond donors (Lipinski definition) is 0. The normalized spacial score (nSPS) is 11.2. The molecule has 0 aliphatic carbocycles. The van der Waals surface area contributed by atoms with E-state index in [1.54, 1.807) is 18.2 Å². The Kier molecular flexibility index (Phi) is 4.76. The maximum absolute atomic E-state index is 13.1. The predicted octanol–water partition coefficient (Wildman–Crippen LogP) is 5.96. The summed E-state index contributed by atoms with van der Waals surface area (Å²) in [6.45, 7) is 0. The third kappa shape index (κ3) is 3.63. The van der Waals surface area contributed by atoms with Gasteiger partial charge in [-0.3, -0.25) is 14.7 Å². The molecule has 0 spiro atoms. The fraction of sp³-hybridized carbons (Fsp3) is 0.0435. The van der Waals surface area contributed by atoms with Crippen LogP contribution in [0, 0.1) is 22.0 Å². The van der Waals surface area contributed by atoms with E-state index in [9.17, 15) is 23.3 Å². The Labute approximate surface area is 169 Å². The highest BCUT2D eigenvalue weighted by molar-refractivity contribution is 5.85. The van der Waals surface area contributed by atoms with Crippen molar-refractivity contribution in [2.45, 2.75) is 6.18 Å². The Balaban J connectivity index is 1.97. The number of benzene rings is 3. The molecule has 4 aromatic rings. The summed E-state index contributed by atoms with van der Waals surface area (Å²) in [4.78, 5) is 10.8. The summed E-state index contributed by atoms with van der Waals surface area (Å²) in [5, 5.41) is 12.4. The fourth-order valence-electron chi connectivity index (χ4n) is 3.20. The summed E-state index contributed by atoms with van der Waals surface area (Å²) in [5.74, 6) is 5.99. The molecule has 148 valence electrons. The maximum Gasteiger partial charge on any atom is 0.416 e. The number of hydrogen-bond acceptors (Lipinski definition) is 2. The standard InChI is InChI=1S/C23H13F3N2O2/c24-23(25,26)18-11-13-21(22(15-18)28(29)30)27-19(12-10-16-6-2-1-3-7-16)14-17-8-4-5-9-20(17)27/h1-9,11,13-15H. The Bertz CT molecular complexity index is 1310. The van der Waals surface area contributed by atoms with Gasteiger partial charge < -0.3 is 0 Å². The van der Waals surface area contributed by atoms with E-state index in [0.717, 1.165) is 23.1 Å². The van der Waals surface area contributed by atoms with Gasteiger partial charge in [-0.15, -0.1) is 0 Å². The highest BCUT2D eigenvalue weighted by Crippen LogP contribution is 2.36. The van der Waals surface area contributed by atoms with Crippen LogP contribution in [0.5, 0.6) is 0 Å². The van der Waals surface area contributed by atoms with E-state index < -0.39 is 22.4 Å². The van der Waals surface area contributed by atoms with Gasteiger partial charge in [-0.1, -0.05) is 42.3 Å². The first-order valence-electron chi connectivity index (χ1n) is 8.88. The first kappa shape index (κ1) is 19.3. The van der Waals surface area contributed by atoms with Crippen LogP contribution in [0.2, 0.25) is 0 Å². The molecule has 0 atom stereocenters. The van der Waals surface area contributed by atoms with Gasteiger partial charge in [0.2, 0.25) is 0 Å². The Morgan fingerprint density at radius 1 is 0.867 bits per heavy atom. The van der Waals surface area contributed by atoms with Crippen molar-refractivity contribution in [1.82, 2.24) is 4.57 Å². The molecule has 0 N–H and O–H groups in total. The molecule has 0 fully saturated rings. The predicted molar refractivity (Wildman–Crippen MR) is 107 cm³/mol. The Morgan fingerprint density at radius 3 is 2.27 bits per heavy atom. The van der Waals surface area contributed by atoms with Crippen LogP contribution >= 0.6 is 0 Å². The van der Waals surface area contributed by atoms with Crippen LogP contribution in [-0.4, -0.2) is 9.49 Å². The number of nitro benzene ring substituents is 1. The van der Waals surface area contributed by atoms with Gasteiger partial charge in [-0.2, -0.15) is 13.2 Å². The third-order valence-corrected chi connectivity index (χ3v) is 4.56. The van der Waals surface area contributed by atoms with Gasteiger partial charge >= 0.3 is 6.18 Å². The molecule has 0 unspecified atom stereocenters. The molecule has 4 nitrogen and oxygen atoms in total. The summed E-state index contributed by atoms with van der Waals surface area (Å²) < 4.78 is 40.8. The largest absolute Gasteiger partial charge is 0.416 e. The zero-order valence-electron chi connectivity index (χ0n) is 15.4. The van der Waals surface area contributed by atoms with E-state index in [-0.39, 0.29) is 5.69 Å². The maximum atomic E-state index is 13.1. The number of rotatable bonds is 2. The van der Waals surface area contributed by atoms with Crippen molar-refractivity contribution in [1.29, 1.82) is 0 Å². The van der Waals surface area contributed by atoms with E-state index >= 15 is 0 Å².